The van der Waals surface area contributed by atoms with Gasteiger partial charge in [-0.25, -0.2) is 5.43 Å². The summed E-state index contributed by atoms with van der Waals surface area (Å²) < 4.78 is 0. The summed E-state index contributed by atoms with van der Waals surface area (Å²) in [5, 5.41) is 15.4. The number of hydrogen-bond donors (Lipinski definition) is 2. The molecular formula is C23H22N2O2. The van der Waals surface area contributed by atoms with Crippen molar-refractivity contribution in [1.82, 2.24) is 5.43 Å². The summed E-state index contributed by atoms with van der Waals surface area (Å²) in [5.41, 5.74) is 4.57. The van der Waals surface area contributed by atoms with E-state index in [1.807, 2.05) is 68.4 Å². The zero-order valence-electron chi connectivity index (χ0n) is 15.4. The van der Waals surface area contributed by atoms with Crippen LogP contribution in [-0.2, 0) is 10.4 Å². The predicted molar refractivity (Wildman–Crippen MR) is 108 cm³/mol. The maximum Gasteiger partial charge on any atom is 0.281 e. The average Bonchev–Trinajstić information content (AvgIpc) is 2.69. The van der Waals surface area contributed by atoms with E-state index >= 15 is 0 Å². The molecular weight excluding hydrogens is 336 g/mol. The van der Waals surface area contributed by atoms with E-state index in [1.165, 1.54) is 0 Å². The van der Waals surface area contributed by atoms with Crippen molar-refractivity contribution < 1.29 is 9.90 Å². The van der Waals surface area contributed by atoms with Crippen LogP contribution in [0, 0.1) is 13.8 Å². The Hall–Kier alpha value is -3.24. The van der Waals surface area contributed by atoms with Crippen molar-refractivity contribution >= 4 is 12.1 Å². The summed E-state index contributed by atoms with van der Waals surface area (Å²) >= 11 is 0. The van der Waals surface area contributed by atoms with Crippen LogP contribution < -0.4 is 5.43 Å². The van der Waals surface area contributed by atoms with Gasteiger partial charge in [-0.3, -0.25) is 4.79 Å². The van der Waals surface area contributed by atoms with Crippen LogP contribution in [-0.4, -0.2) is 17.2 Å². The first-order valence-corrected chi connectivity index (χ1v) is 8.75. The fourth-order valence-corrected chi connectivity index (χ4v) is 2.80. The summed E-state index contributed by atoms with van der Waals surface area (Å²) in [6, 6.07) is 24.0. The smallest absolute Gasteiger partial charge is 0.281 e. The van der Waals surface area contributed by atoms with Crippen LogP contribution in [0.1, 0.15) is 27.8 Å². The highest BCUT2D eigenvalue weighted by molar-refractivity contribution is 5.91. The zero-order chi connectivity index (χ0) is 19.3. The molecule has 0 saturated carbocycles. The molecule has 0 aliphatic heterocycles. The Morgan fingerprint density at radius 1 is 0.852 bits per heavy atom. The monoisotopic (exact) mass is 358 g/mol. The van der Waals surface area contributed by atoms with Crippen molar-refractivity contribution in [2.75, 3.05) is 0 Å². The fraction of sp³-hybridized carbons (Fsp3) is 0.130. The van der Waals surface area contributed by atoms with E-state index in [0.717, 1.165) is 16.7 Å². The van der Waals surface area contributed by atoms with Gasteiger partial charge in [0.15, 0.2) is 5.60 Å². The highest BCUT2D eigenvalue weighted by atomic mass is 16.3. The summed E-state index contributed by atoms with van der Waals surface area (Å²) in [6.07, 6.45) is 1.54. The van der Waals surface area contributed by atoms with Crippen molar-refractivity contribution in [3.05, 3.63) is 107 Å². The molecule has 0 saturated heterocycles. The molecule has 136 valence electrons. The van der Waals surface area contributed by atoms with Crippen LogP contribution in [0.5, 0.6) is 0 Å². The number of carbonyl (C=O) groups excluding carboxylic acids is 1. The SMILES string of the molecule is Cc1ccc(C(O)(C(=O)N/N=C/c2ccccc2)c2ccc(C)cc2)cc1. The van der Waals surface area contributed by atoms with Crippen molar-refractivity contribution in [3.8, 4) is 0 Å². The van der Waals surface area contributed by atoms with Gasteiger partial charge in [-0.05, 0) is 30.5 Å². The van der Waals surface area contributed by atoms with E-state index in [1.54, 1.807) is 30.5 Å². The molecule has 4 nitrogen and oxygen atoms in total. The average molecular weight is 358 g/mol. The first-order chi connectivity index (χ1) is 13.0. The number of nitrogens with one attached hydrogen (secondary N) is 1. The van der Waals surface area contributed by atoms with Crippen LogP contribution in [0.2, 0.25) is 0 Å². The lowest BCUT2D eigenvalue weighted by Crippen LogP contribution is -2.43. The van der Waals surface area contributed by atoms with Gasteiger partial charge in [0, 0.05) is 0 Å². The number of amides is 1. The molecule has 0 bridgehead atoms. The topological polar surface area (TPSA) is 61.7 Å². The normalized spacial score (nSPS) is 11.5. The predicted octanol–water partition coefficient (Wildman–Crippen LogP) is 3.69. The number of nitrogens with zero attached hydrogens (tertiary/aromatic N) is 1. The van der Waals surface area contributed by atoms with Gasteiger partial charge in [-0.1, -0.05) is 90.0 Å². The number of benzene rings is 3. The zero-order valence-corrected chi connectivity index (χ0v) is 15.4. The minimum absolute atomic E-state index is 0.490. The number of rotatable bonds is 5. The van der Waals surface area contributed by atoms with Gasteiger partial charge in [-0.15, -0.1) is 0 Å². The molecule has 0 unspecified atom stereocenters. The maximum absolute atomic E-state index is 13.0. The lowest BCUT2D eigenvalue weighted by molar-refractivity contribution is -0.136. The molecule has 2 N–H and O–H groups in total. The second-order valence-corrected chi connectivity index (χ2v) is 6.55. The van der Waals surface area contributed by atoms with Crippen molar-refractivity contribution in [2.45, 2.75) is 19.4 Å². The van der Waals surface area contributed by atoms with Crippen LogP contribution in [0.25, 0.3) is 0 Å². The third kappa shape index (κ3) is 4.13. The molecule has 3 aromatic rings. The largest absolute Gasteiger partial charge is 0.372 e. The summed E-state index contributed by atoms with van der Waals surface area (Å²) in [7, 11) is 0. The van der Waals surface area contributed by atoms with E-state index in [2.05, 4.69) is 10.5 Å². The molecule has 0 aliphatic rings. The van der Waals surface area contributed by atoms with Crippen LogP contribution >= 0.6 is 0 Å². The minimum Gasteiger partial charge on any atom is -0.372 e. The van der Waals surface area contributed by atoms with Gasteiger partial charge in [0.05, 0.1) is 6.21 Å². The summed E-state index contributed by atoms with van der Waals surface area (Å²) in [6.45, 7) is 3.91. The van der Waals surface area contributed by atoms with E-state index < -0.39 is 11.5 Å². The Labute approximate surface area is 159 Å². The first kappa shape index (κ1) is 18.5. The van der Waals surface area contributed by atoms with Crippen LogP contribution in [0.4, 0.5) is 0 Å². The van der Waals surface area contributed by atoms with Gasteiger partial charge in [0.25, 0.3) is 5.91 Å². The first-order valence-electron chi connectivity index (χ1n) is 8.75. The van der Waals surface area contributed by atoms with Crippen molar-refractivity contribution in [1.29, 1.82) is 0 Å². The van der Waals surface area contributed by atoms with Gasteiger partial charge >= 0.3 is 0 Å². The molecule has 27 heavy (non-hydrogen) atoms. The quantitative estimate of drug-likeness (QED) is 0.540. The summed E-state index contributed by atoms with van der Waals surface area (Å²) in [5.74, 6) is -0.609. The second kappa shape index (κ2) is 7.98. The molecule has 0 aromatic heterocycles. The molecule has 0 atom stereocenters. The van der Waals surface area contributed by atoms with Crippen molar-refractivity contribution in [3.63, 3.8) is 0 Å². The third-order valence-corrected chi connectivity index (χ3v) is 4.45. The molecule has 1 amide bonds. The van der Waals surface area contributed by atoms with Gasteiger partial charge in [-0.2, -0.15) is 5.10 Å². The molecule has 4 heteroatoms. The van der Waals surface area contributed by atoms with E-state index in [4.69, 9.17) is 0 Å². The molecule has 0 radical (unpaired) electrons. The van der Waals surface area contributed by atoms with E-state index in [0.29, 0.717) is 11.1 Å². The fourth-order valence-electron chi connectivity index (χ4n) is 2.80. The molecule has 0 fully saturated rings. The Morgan fingerprint density at radius 3 is 1.81 bits per heavy atom. The van der Waals surface area contributed by atoms with Gasteiger partial charge in [0.1, 0.15) is 0 Å². The molecule has 0 aliphatic carbocycles. The second-order valence-electron chi connectivity index (χ2n) is 6.55. The lowest BCUT2D eigenvalue weighted by Gasteiger charge is -2.27. The minimum atomic E-state index is -1.84. The van der Waals surface area contributed by atoms with Gasteiger partial charge < -0.3 is 5.11 Å². The van der Waals surface area contributed by atoms with E-state index in [-0.39, 0.29) is 0 Å². The number of carbonyl (C=O) groups is 1. The Morgan fingerprint density at radius 2 is 1.33 bits per heavy atom. The summed E-state index contributed by atoms with van der Waals surface area (Å²) in [4.78, 5) is 13.0. The third-order valence-electron chi connectivity index (χ3n) is 4.45. The van der Waals surface area contributed by atoms with Gasteiger partial charge in [0.2, 0.25) is 0 Å². The highest BCUT2D eigenvalue weighted by Crippen LogP contribution is 2.30. The molecule has 3 aromatic carbocycles. The Bertz CT molecular complexity index is 885. The number of hydrogen-bond acceptors (Lipinski definition) is 3. The molecule has 0 spiro atoms. The highest BCUT2D eigenvalue weighted by Gasteiger charge is 2.40. The number of aryl methyl sites for hydroxylation is 2. The Kier molecular flexibility index (Phi) is 5.48. The van der Waals surface area contributed by atoms with Crippen LogP contribution in [0.3, 0.4) is 0 Å². The van der Waals surface area contributed by atoms with Crippen LogP contribution in [0.15, 0.2) is 84.0 Å². The Balaban J connectivity index is 1.93. The lowest BCUT2D eigenvalue weighted by atomic mass is 9.85. The number of aliphatic hydroxyl groups is 1. The van der Waals surface area contributed by atoms with Crippen molar-refractivity contribution in [2.24, 2.45) is 5.10 Å². The number of hydrazone groups is 1. The molecule has 0 heterocycles. The molecule has 3 rings (SSSR count). The standard InChI is InChI=1S/C23H22N2O2/c1-17-8-12-20(13-9-17)23(27,21-14-10-18(2)11-15-21)22(26)25-24-16-19-6-4-3-5-7-19/h3-16,27H,1-2H3,(H,25,26)/b24-16+. The maximum atomic E-state index is 13.0. The van der Waals surface area contributed by atoms with E-state index in [9.17, 15) is 9.90 Å².